The molecule has 0 fully saturated rings. The molecule has 0 aromatic carbocycles. The third-order valence-corrected chi connectivity index (χ3v) is 5.83. The Labute approximate surface area is 255 Å². The van der Waals surface area contributed by atoms with E-state index in [1.165, 1.54) is 6.08 Å². The maximum absolute atomic E-state index is 12.0. The summed E-state index contributed by atoms with van der Waals surface area (Å²) in [4.78, 5) is 12.0. The third-order valence-electron chi connectivity index (χ3n) is 5.83. The SMILES string of the molecule is COCCOCCOCCOC1=C(OCCOCCOCCOC)C(C)(OCCOCCOCCOC)CC(C(=O)O)=C1. The molecule has 0 aliphatic heterocycles. The van der Waals surface area contributed by atoms with Crippen molar-refractivity contribution in [1.29, 1.82) is 0 Å². The van der Waals surface area contributed by atoms with E-state index in [-0.39, 0.29) is 57.4 Å². The second-order valence-corrected chi connectivity index (χ2v) is 9.27. The van der Waals surface area contributed by atoms with Crippen molar-refractivity contribution in [3.8, 4) is 0 Å². The Morgan fingerprint density at radius 2 is 0.977 bits per heavy atom. The highest BCUT2D eigenvalue weighted by Gasteiger charge is 2.41. The normalized spacial score (nSPS) is 16.9. The summed E-state index contributed by atoms with van der Waals surface area (Å²) in [7, 11) is 4.84. The molecule has 1 atom stereocenters. The molecule has 0 aromatic rings. The molecule has 0 saturated heterocycles. The van der Waals surface area contributed by atoms with Crippen LogP contribution in [0.3, 0.4) is 0 Å². The Balaban J connectivity index is 2.74. The van der Waals surface area contributed by atoms with Gasteiger partial charge in [0.1, 0.15) is 18.8 Å². The van der Waals surface area contributed by atoms with Crippen LogP contribution in [0.5, 0.6) is 0 Å². The fourth-order valence-electron chi connectivity index (χ4n) is 3.70. The van der Waals surface area contributed by atoms with Crippen LogP contribution in [-0.4, -0.2) is 157 Å². The number of carboxylic acids is 1. The van der Waals surface area contributed by atoms with Gasteiger partial charge in [0.2, 0.25) is 0 Å². The molecule has 0 radical (unpaired) electrons. The summed E-state index contributed by atoms with van der Waals surface area (Å²) < 4.78 is 66.0. The predicted octanol–water partition coefficient (Wildman–Crippen LogP) is 1.46. The quantitative estimate of drug-likeness (QED) is 0.111. The van der Waals surface area contributed by atoms with Crippen LogP contribution in [0.2, 0.25) is 0 Å². The van der Waals surface area contributed by atoms with Gasteiger partial charge < -0.3 is 61.9 Å². The van der Waals surface area contributed by atoms with E-state index in [2.05, 4.69) is 0 Å². The second kappa shape index (κ2) is 26.5. The molecular weight excluding hydrogens is 572 g/mol. The summed E-state index contributed by atoms with van der Waals surface area (Å²) >= 11 is 0. The van der Waals surface area contributed by atoms with E-state index < -0.39 is 11.6 Å². The van der Waals surface area contributed by atoms with E-state index in [4.69, 9.17) is 56.8 Å². The average molecular weight is 625 g/mol. The Kier molecular flexibility index (Phi) is 24.2. The molecule has 1 N–H and O–H groups in total. The molecule has 1 aliphatic carbocycles. The van der Waals surface area contributed by atoms with Gasteiger partial charge in [-0.15, -0.1) is 0 Å². The van der Waals surface area contributed by atoms with Crippen molar-refractivity contribution < 1.29 is 66.7 Å². The van der Waals surface area contributed by atoms with E-state index >= 15 is 0 Å². The number of rotatable bonds is 31. The summed E-state index contributed by atoms with van der Waals surface area (Å²) in [6.45, 7) is 8.65. The van der Waals surface area contributed by atoms with Crippen LogP contribution in [0, 0.1) is 0 Å². The Morgan fingerprint density at radius 3 is 1.40 bits per heavy atom. The summed E-state index contributed by atoms with van der Waals surface area (Å²) in [6, 6.07) is 0. The first-order valence-corrected chi connectivity index (χ1v) is 14.5. The number of carboxylic acid groups (broad SMARTS) is 1. The number of carbonyl (C=O) groups is 1. The Morgan fingerprint density at radius 1 is 0.605 bits per heavy atom. The first kappa shape index (κ1) is 39.2. The van der Waals surface area contributed by atoms with E-state index in [0.717, 1.165) is 0 Å². The minimum Gasteiger partial charge on any atom is -0.489 e. The molecule has 0 heterocycles. The molecule has 0 bridgehead atoms. The van der Waals surface area contributed by atoms with E-state index in [0.29, 0.717) is 85.0 Å². The average Bonchev–Trinajstić information content (AvgIpc) is 2.99. The molecule has 252 valence electrons. The molecule has 0 saturated carbocycles. The van der Waals surface area contributed by atoms with Crippen molar-refractivity contribution in [1.82, 2.24) is 0 Å². The van der Waals surface area contributed by atoms with Crippen LogP contribution >= 0.6 is 0 Å². The maximum Gasteiger partial charge on any atom is 0.331 e. The smallest absolute Gasteiger partial charge is 0.331 e. The predicted molar refractivity (Wildman–Crippen MR) is 154 cm³/mol. The van der Waals surface area contributed by atoms with Crippen molar-refractivity contribution in [3.05, 3.63) is 23.2 Å². The number of aliphatic carboxylic acids is 1. The third kappa shape index (κ3) is 19.2. The molecule has 1 rings (SSSR count). The van der Waals surface area contributed by atoms with E-state index in [1.807, 2.05) is 0 Å². The van der Waals surface area contributed by atoms with Crippen LogP contribution in [0.1, 0.15) is 13.3 Å². The summed E-state index contributed by atoms with van der Waals surface area (Å²) in [5.74, 6) is -0.426. The number of methoxy groups -OCH3 is 3. The standard InChI is InChI=1S/C29H52O14/c1-29(43-22-19-40-16-13-37-10-7-34-4)24-25(28(30)31)23-26(41-20-17-38-14-11-35-8-5-32-2)27(29)42-21-18-39-15-12-36-9-6-33-3/h23H,5-22,24H2,1-4H3,(H,30,31). The second-order valence-electron chi connectivity index (χ2n) is 9.27. The van der Waals surface area contributed by atoms with Gasteiger partial charge in [-0.3, -0.25) is 0 Å². The van der Waals surface area contributed by atoms with Crippen molar-refractivity contribution in [2.45, 2.75) is 18.9 Å². The van der Waals surface area contributed by atoms with Gasteiger partial charge in [0.15, 0.2) is 11.5 Å². The lowest BCUT2D eigenvalue weighted by molar-refractivity contribution is -0.134. The molecular formula is C29H52O14. The van der Waals surface area contributed by atoms with E-state index in [1.54, 1.807) is 28.3 Å². The highest BCUT2D eigenvalue weighted by atomic mass is 16.6. The van der Waals surface area contributed by atoms with Crippen LogP contribution in [0.15, 0.2) is 23.2 Å². The topological polar surface area (TPSA) is 148 Å². The van der Waals surface area contributed by atoms with Crippen LogP contribution < -0.4 is 0 Å². The summed E-state index contributed by atoms with van der Waals surface area (Å²) in [6.07, 6.45) is 1.54. The van der Waals surface area contributed by atoms with Crippen molar-refractivity contribution in [2.24, 2.45) is 0 Å². The lowest BCUT2D eigenvalue weighted by Gasteiger charge is -2.36. The van der Waals surface area contributed by atoms with Gasteiger partial charge in [-0.25, -0.2) is 4.79 Å². The van der Waals surface area contributed by atoms with Crippen molar-refractivity contribution in [3.63, 3.8) is 0 Å². The monoisotopic (exact) mass is 624 g/mol. The molecule has 1 aliphatic rings. The van der Waals surface area contributed by atoms with Crippen LogP contribution in [0.25, 0.3) is 0 Å². The highest BCUT2D eigenvalue weighted by molar-refractivity contribution is 5.88. The zero-order chi connectivity index (χ0) is 31.4. The molecule has 0 aromatic heterocycles. The minimum atomic E-state index is -1.12. The van der Waals surface area contributed by atoms with Gasteiger partial charge in [0, 0.05) is 33.3 Å². The number of allylic oxidation sites excluding steroid dienone is 1. The van der Waals surface area contributed by atoms with Crippen LogP contribution in [0.4, 0.5) is 0 Å². The lowest BCUT2D eigenvalue weighted by Crippen LogP contribution is -2.39. The molecule has 14 heteroatoms. The van der Waals surface area contributed by atoms with E-state index in [9.17, 15) is 9.90 Å². The van der Waals surface area contributed by atoms with Crippen molar-refractivity contribution >= 4 is 5.97 Å². The Bertz CT molecular complexity index is 759. The molecule has 0 spiro atoms. The maximum atomic E-state index is 12.0. The molecule has 14 nitrogen and oxygen atoms in total. The number of ether oxygens (including phenoxy) is 12. The lowest BCUT2D eigenvalue weighted by atomic mass is 9.88. The minimum absolute atomic E-state index is 0.0775. The van der Waals surface area contributed by atoms with Crippen LogP contribution in [-0.2, 0) is 61.6 Å². The fraction of sp³-hybridized carbons (Fsp3) is 0.828. The van der Waals surface area contributed by atoms with Crippen molar-refractivity contribution in [2.75, 3.05) is 140 Å². The summed E-state index contributed by atoms with van der Waals surface area (Å²) in [5.41, 5.74) is -0.982. The highest BCUT2D eigenvalue weighted by Crippen LogP contribution is 2.37. The number of hydrogen-bond donors (Lipinski definition) is 1. The number of hydrogen-bond acceptors (Lipinski definition) is 13. The molecule has 0 amide bonds. The van der Waals surface area contributed by atoms with Gasteiger partial charge >= 0.3 is 5.97 Å². The Hall–Kier alpha value is -1.85. The van der Waals surface area contributed by atoms with Gasteiger partial charge in [-0.1, -0.05) is 0 Å². The zero-order valence-corrected chi connectivity index (χ0v) is 26.3. The summed E-state index contributed by atoms with van der Waals surface area (Å²) in [5, 5.41) is 9.81. The first-order chi connectivity index (χ1) is 21.0. The van der Waals surface area contributed by atoms with Gasteiger partial charge in [-0.2, -0.15) is 0 Å². The van der Waals surface area contributed by atoms with Gasteiger partial charge in [0.05, 0.1) is 106 Å². The zero-order valence-electron chi connectivity index (χ0n) is 26.3. The molecule has 43 heavy (non-hydrogen) atoms. The van der Waals surface area contributed by atoms with Gasteiger partial charge in [0.25, 0.3) is 0 Å². The first-order valence-electron chi connectivity index (χ1n) is 14.5. The fourth-order valence-corrected chi connectivity index (χ4v) is 3.70. The van der Waals surface area contributed by atoms with Gasteiger partial charge in [-0.05, 0) is 13.0 Å². The molecule has 1 unspecified atom stereocenters. The largest absolute Gasteiger partial charge is 0.489 e.